The summed E-state index contributed by atoms with van der Waals surface area (Å²) in [6.45, 7) is 0.681. The molecule has 0 saturated heterocycles. The number of carbonyl (C=O) groups excluding carboxylic acids is 1. The first-order valence-corrected chi connectivity index (χ1v) is 11.2. The molecule has 0 aliphatic heterocycles. The van der Waals surface area contributed by atoms with Gasteiger partial charge in [-0.15, -0.1) is 0 Å². The van der Waals surface area contributed by atoms with Gasteiger partial charge in [0.1, 0.15) is 0 Å². The minimum atomic E-state index is -0.223. The van der Waals surface area contributed by atoms with Crippen molar-refractivity contribution in [1.82, 2.24) is 15.0 Å². The van der Waals surface area contributed by atoms with E-state index in [1.807, 2.05) is 42.5 Å². The largest absolute Gasteiger partial charge is 0.314 e. The number of imidazole rings is 1. The number of hydrazone groups is 1. The van der Waals surface area contributed by atoms with Crippen molar-refractivity contribution in [2.24, 2.45) is 5.10 Å². The van der Waals surface area contributed by atoms with Crippen LogP contribution in [0.15, 0.2) is 83.1 Å². The third-order valence-electron chi connectivity index (χ3n) is 4.48. The van der Waals surface area contributed by atoms with Crippen LogP contribution in [0.3, 0.4) is 0 Å². The van der Waals surface area contributed by atoms with Crippen molar-refractivity contribution in [2.75, 3.05) is 5.75 Å². The Bertz CT molecular complexity index is 1240. The molecule has 8 heteroatoms. The van der Waals surface area contributed by atoms with Gasteiger partial charge in [0.15, 0.2) is 5.16 Å². The van der Waals surface area contributed by atoms with Crippen LogP contribution in [0.25, 0.3) is 11.0 Å². The van der Waals surface area contributed by atoms with Gasteiger partial charge >= 0.3 is 0 Å². The van der Waals surface area contributed by atoms with Crippen LogP contribution in [0.4, 0.5) is 0 Å². The summed E-state index contributed by atoms with van der Waals surface area (Å²) in [5.74, 6) is -0.0313. The number of hydrogen-bond acceptors (Lipinski definition) is 4. The number of carbonyl (C=O) groups is 1. The second-order valence-corrected chi connectivity index (χ2v) is 8.47. The zero-order chi connectivity index (χ0) is 21.6. The molecule has 3 aromatic carbocycles. The van der Waals surface area contributed by atoms with Crippen LogP contribution < -0.4 is 5.43 Å². The van der Waals surface area contributed by atoms with Crippen molar-refractivity contribution in [3.05, 3.63) is 94.0 Å². The number of hydrogen-bond donors (Lipinski definition) is 1. The van der Waals surface area contributed by atoms with Crippen molar-refractivity contribution >= 4 is 58.1 Å². The highest BCUT2D eigenvalue weighted by Gasteiger charge is 2.13. The van der Waals surface area contributed by atoms with Crippen molar-refractivity contribution in [3.63, 3.8) is 0 Å². The zero-order valence-corrected chi connectivity index (χ0v) is 18.7. The molecule has 0 fully saturated rings. The highest BCUT2D eigenvalue weighted by atomic mass is 35.5. The highest BCUT2D eigenvalue weighted by molar-refractivity contribution is 7.99. The Morgan fingerprint density at radius 1 is 1.03 bits per heavy atom. The molecule has 0 bridgehead atoms. The molecule has 0 saturated carbocycles. The van der Waals surface area contributed by atoms with E-state index in [0.717, 1.165) is 21.8 Å². The fraction of sp³-hybridized carbons (Fsp3) is 0.0870. The maximum absolute atomic E-state index is 12.3. The summed E-state index contributed by atoms with van der Waals surface area (Å²) in [6, 6.07) is 23.3. The topological polar surface area (TPSA) is 59.3 Å². The highest BCUT2D eigenvalue weighted by Crippen LogP contribution is 2.25. The Balaban J connectivity index is 1.43. The average Bonchev–Trinajstić information content (AvgIpc) is 3.13. The number of nitrogens with one attached hydrogen (secondary N) is 1. The van der Waals surface area contributed by atoms with Crippen LogP contribution in [0.5, 0.6) is 0 Å². The first kappa shape index (κ1) is 21.4. The van der Waals surface area contributed by atoms with Gasteiger partial charge in [-0.3, -0.25) is 4.79 Å². The van der Waals surface area contributed by atoms with Crippen LogP contribution in [0.2, 0.25) is 10.0 Å². The van der Waals surface area contributed by atoms with Gasteiger partial charge in [-0.25, -0.2) is 10.4 Å². The van der Waals surface area contributed by atoms with Crippen molar-refractivity contribution in [2.45, 2.75) is 11.7 Å². The summed E-state index contributed by atoms with van der Waals surface area (Å²) in [5.41, 5.74) is 6.38. The molecule has 0 atom stereocenters. The number of benzene rings is 3. The Hall–Kier alpha value is -2.80. The summed E-state index contributed by atoms with van der Waals surface area (Å²) in [6.07, 6.45) is 1.52. The van der Waals surface area contributed by atoms with Crippen molar-refractivity contribution < 1.29 is 4.79 Å². The third kappa shape index (κ3) is 5.47. The van der Waals surface area contributed by atoms with Gasteiger partial charge in [0.05, 0.1) is 39.6 Å². The fourth-order valence-corrected chi connectivity index (χ4v) is 4.13. The van der Waals surface area contributed by atoms with Gasteiger partial charge in [-0.2, -0.15) is 5.10 Å². The molecule has 31 heavy (non-hydrogen) atoms. The van der Waals surface area contributed by atoms with Gasteiger partial charge in [0.25, 0.3) is 5.91 Å². The predicted octanol–water partition coefficient (Wildman–Crippen LogP) is 5.63. The minimum absolute atomic E-state index is 0.191. The van der Waals surface area contributed by atoms with Gasteiger partial charge < -0.3 is 4.57 Å². The SMILES string of the molecule is O=C(CSc1nc2ccccc2n1Cc1ccccc1)NN=Cc1ccc(Cl)c(Cl)c1. The van der Waals surface area contributed by atoms with Crippen LogP contribution in [-0.4, -0.2) is 27.4 Å². The van der Waals surface area contributed by atoms with E-state index in [9.17, 15) is 4.79 Å². The molecule has 156 valence electrons. The Morgan fingerprint density at radius 3 is 2.61 bits per heavy atom. The minimum Gasteiger partial charge on any atom is -0.314 e. The van der Waals surface area contributed by atoms with E-state index in [0.29, 0.717) is 16.6 Å². The molecule has 1 amide bonds. The number of aromatic nitrogens is 2. The first-order chi connectivity index (χ1) is 15.1. The molecule has 1 aromatic heterocycles. The molecule has 5 nitrogen and oxygen atoms in total. The number of rotatable bonds is 7. The van der Waals surface area contributed by atoms with Crippen LogP contribution >= 0.6 is 35.0 Å². The first-order valence-electron chi connectivity index (χ1n) is 9.49. The van der Waals surface area contributed by atoms with E-state index in [1.165, 1.54) is 23.5 Å². The van der Waals surface area contributed by atoms with E-state index in [4.69, 9.17) is 28.2 Å². The lowest BCUT2D eigenvalue weighted by Crippen LogP contribution is -2.20. The molecular formula is C23H18Cl2N4OS. The molecule has 0 aliphatic rings. The monoisotopic (exact) mass is 468 g/mol. The maximum Gasteiger partial charge on any atom is 0.250 e. The normalized spacial score (nSPS) is 11.3. The number of amides is 1. The van der Waals surface area contributed by atoms with E-state index in [1.54, 1.807) is 18.2 Å². The number of thioether (sulfide) groups is 1. The third-order valence-corrected chi connectivity index (χ3v) is 6.20. The van der Waals surface area contributed by atoms with Crippen LogP contribution in [0.1, 0.15) is 11.1 Å². The second-order valence-electron chi connectivity index (χ2n) is 6.71. The lowest BCUT2D eigenvalue weighted by molar-refractivity contribution is -0.118. The standard InChI is InChI=1S/C23H18Cl2N4OS/c24-18-11-10-17(12-19(18)25)13-26-28-22(30)15-31-23-27-20-8-4-5-9-21(20)29(23)14-16-6-2-1-3-7-16/h1-13H,14-15H2,(H,28,30). The smallest absolute Gasteiger partial charge is 0.250 e. The molecule has 0 unspecified atom stereocenters. The number of fused-ring (bicyclic) bond motifs is 1. The summed E-state index contributed by atoms with van der Waals surface area (Å²) >= 11 is 13.3. The van der Waals surface area contributed by atoms with Gasteiger partial charge in [0, 0.05) is 0 Å². The van der Waals surface area contributed by atoms with Gasteiger partial charge in [0.2, 0.25) is 0 Å². The number of nitrogens with zero attached hydrogens (tertiary/aromatic N) is 3. The summed E-state index contributed by atoms with van der Waals surface area (Å²) in [5, 5.41) is 5.68. The van der Waals surface area contributed by atoms with E-state index < -0.39 is 0 Å². The zero-order valence-electron chi connectivity index (χ0n) is 16.3. The molecule has 0 aliphatic carbocycles. The van der Waals surface area contributed by atoms with Crippen molar-refractivity contribution in [3.8, 4) is 0 Å². The Labute approximate surface area is 194 Å². The molecule has 1 heterocycles. The second kappa shape index (κ2) is 10.0. The molecule has 4 rings (SSSR count). The lowest BCUT2D eigenvalue weighted by atomic mass is 10.2. The summed E-state index contributed by atoms with van der Waals surface area (Å²) in [7, 11) is 0. The molecule has 1 N–H and O–H groups in total. The Kier molecular flexibility index (Phi) is 6.92. The maximum atomic E-state index is 12.3. The Morgan fingerprint density at radius 2 is 1.81 bits per heavy atom. The number of para-hydroxylation sites is 2. The molecule has 0 radical (unpaired) electrons. The predicted molar refractivity (Wildman–Crippen MR) is 128 cm³/mol. The lowest BCUT2D eigenvalue weighted by Gasteiger charge is -2.09. The van der Waals surface area contributed by atoms with Crippen LogP contribution in [-0.2, 0) is 11.3 Å². The van der Waals surface area contributed by atoms with E-state index in [2.05, 4.69) is 27.2 Å². The van der Waals surface area contributed by atoms with E-state index >= 15 is 0 Å². The average molecular weight is 469 g/mol. The quantitative estimate of drug-likeness (QED) is 0.217. The molecule has 4 aromatic rings. The van der Waals surface area contributed by atoms with Gasteiger partial charge in [-0.05, 0) is 35.4 Å². The van der Waals surface area contributed by atoms with E-state index in [-0.39, 0.29) is 11.7 Å². The summed E-state index contributed by atoms with van der Waals surface area (Å²) in [4.78, 5) is 17.0. The molecular weight excluding hydrogens is 451 g/mol. The van der Waals surface area contributed by atoms with Crippen molar-refractivity contribution in [1.29, 1.82) is 0 Å². The van der Waals surface area contributed by atoms with Crippen LogP contribution in [0, 0.1) is 0 Å². The number of halogens is 2. The summed E-state index contributed by atoms with van der Waals surface area (Å²) < 4.78 is 2.13. The molecule has 0 spiro atoms. The van der Waals surface area contributed by atoms with Gasteiger partial charge in [-0.1, -0.05) is 83.5 Å². The fourth-order valence-electron chi connectivity index (χ4n) is 3.02.